The molecule has 1 unspecified atom stereocenters. The Balaban J connectivity index is 2.37. The zero-order valence-corrected chi connectivity index (χ0v) is 10.4. The van der Waals surface area contributed by atoms with Gasteiger partial charge in [0, 0.05) is 23.6 Å². The minimum atomic E-state index is 0.0939. The normalized spacial score (nSPS) is 12.7. The molecule has 0 aliphatic heterocycles. The zero-order valence-electron chi connectivity index (χ0n) is 8.88. The second kappa shape index (κ2) is 7.10. The Morgan fingerprint density at radius 3 is 2.73 bits per heavy atom. The molecule has 0 heterocycles. The molecule has 0 fully saturated rings. The van der Waals surface area contributed by atoms with E-state index in [9.17, 15) is 0 Å². The van der Waals surface area contributed by atoms with Gasteiger partial charge in [-0.3, -0.25) is 0 Å². The SMILES string of the molecule is CCOCCC(Cl)Cc1ccccc1Cl. The molecule has 1 aromatic rings. The van der Waals surface area contributed by atoms with E-state index in [0.717, 1.165) is 36.6 Å². The minimum Gasteiger partial charge on any atom is -0.382 e. The number of hydrogen-bond donors (Lipinski definition) is 0. The van der Waals surface area contributed by atoms with Crippen LogP contribution in [0.3, 0.4) is 0 Å². The lowest BCUT2D eigenvalue weighted by Gasteiger charge is -2.10. The number of benzene rings is 1. The highest BCUT2D eigenvalue weighted by Gasteiger charge is 2.08. The van der Waals surface area contributed by atoms with Crippen LogP contribution >= 0.6 is 23.2 Å². The third kappa shape index (κ3) is 4.87. The van der Waals surface area contributed by atoms with Crippen LogP contribution in [0.2, 0.25) is 5.02 Å². The summed E-state index contributed by atoms with van der Waals surface area (Å²) in [5, 5.41) is 0.885. The lowest BCUT2D eigenvalue weighted by Crippen LogP contribution is -2.08. The maximum absolute atomic E-state index is 6.18. The van der Waals surface area contributed by atoms with E-state index in [1.807, 2.05) is 31.2 Å². The number of hydrogen-bond acceptors (Lipinski definition) is 1. The third-order valence-corrected chi connectivity index (χ3v) is 2.92. The summed E-state index contributed by atoms with van der Waals surface area (Å²) in [6.45, 7) is 3.45. The summed E-state index contributed by atoms with van der Waals surface area (Å²) in [4.78, 5) is 0. The van der Waals surface area contributed by atoms with Crippen molar-refractivity contribution in [3.63, 3.8) is 0 Å². The molecule has 1 atom stereocenters. The molecular formula is C12H16Cl2O. The van der Waals surface area contributed by atoms with Crippen LogP contribution < -0.4 is 0 Å². The fraction of sp³-hybridized carbons (Fsp3) is 0.500. The van der Waals surface area contributed by atoms with Gasteiger partial charge in [0.2, 0.25) is 0 Å². The second-order valence-electron chi connectivity index (χ2n) is 3.38. The Labute approximate surface area is 101 Å². The topological polar surface area (TPSA) is 9.23 Å². The van der Waals surface area contributed by atoms with Crippen molar-refractivity contribution in [1.82, 2.24) is 0 Å². The van der Waals surface area contributed by atoms with E-state index in [1.165, 1.54) is 0 Å². The van der Waals surface area contributed by atoms with E-state index in [1.54, 1.807) is 0 Å². The van der Waals surface area contributed by atoms with E-state index >= 15 is 0 Å². The Morgan fingerprint density at radius 2 is 2.07 bits per heavy atom. The summed E-state index contributed by atoms with van der Waals surface area (Å²) in [6.07, 6.45) is 1.66. The van der Waals surface area contributed by atoms with Crippen LogP contribution in [0.15, 0.2) is 24.3 Å². The Bertz CT molecular complexity index is 289. The van der Waals surface area contributed by atoms with Crippen LogP contribution in [0.1, 0.15) is 18.9 Å². The van der Waals surface area contributed by atoms with E-state index < -0.39 is 0 Å². The zero-order chi connectivity index (χ0) is 11.1. The number of rotatable bonds is 6. The predicted molar refractivity (Wildman–Crippen MR) is 65.9 cm³/mol. The summed E-state index contributed by atoms with van der Waals surface area (Å²) in [6, 6.07) is 7.81. The highest BCUT2D eigenvalue weighted by molar-refractivity contribution is 6.31. The molecule has 1 rings (SSSR count). The molecule has 0 bridgehead atoms. The summed E-state index contributed by atoms with van der Waals surface area (Å²) in [5.74, 6) is 0. The van der Waals surface area contributed by atoms with Gasteiger partial charge in [-0.2, -0.15) is 0 Å². The maximum Gasteiger partial charge on any atom is 0.0480 e. The Hall–Kier alpha value is -0.240. The molecule has 0 amide bonds. The van der Waals surface area contributed by atoms with Crippen LogP contribution in [0, 0.1) is 0 Å². The fourth-order valence-electron chi connectivity index (χ4n) is 1.36. The lowest BCUT2D eigenvalue weighted by molar-refractivity contribution is 0.144. The second-order valence-corrected chi connectivity index (χ2v) is 4.40. The Morgan fingerprint density at radius 1 is 1.33 bits per heavy atom. The van der Waals surface area contributed by atoms with Gasteiger partial charge in [0.05, 0.1) is 0 Å². The van der Waals surface area contributed by atoms with Crippen molar-refractivity contribution in [2.75, 3.05) is 13.2 Å². The molecular weight excluding hydrogens is 231 g/mol. The van der Waals surface area contributed by atoms with E-state index in [0.29, 0.717) is 0 Å². The fourth-order valence-corrected chi connectivity index (χ4v) is 1.83. The van der Waals surface area contributed by atoms with Crippen molar-refractivity contribution in [1.29, 1.82) is 0 Å². The average Bonchev–Trinajstić information content (AvgIpc) is 2.22. The highest BCUT2D eigenvalue weighted by atomic mass is 35.5. The van der Waals surface area contributed by atoms with Crippen molar-refractivity contribution < 1.29 is 4.74 Å². The van der Waals surface area contributed by atoms with E-state index in [-0.39, 0.29) is 5.38 Å². The van der Waals surface area contributed by atoms with Gasteiger partial charge in [-0.05, 0) is 31.4 Å². The predicted octanol–water partition coefficient (Wildman–Crippen LogP) is 3.92. The number of ether oxygens (including phenoxy) is 1. The monoisotopic (exact) mass is 246 g/mol. The van der Waals surface area contributed by atoms with Gasteiger partial charge in [-0.15, -0.1) is 11.6 Å². The molecule has 0 aliphatic rings. The van der Waals surface area contributed by atoms with Gasteiger partial charge in [0.1, 0.15) is 0 Å². The molecule has 0 aliphatic carbocycles. The summed E-state index contributed by atoms with van der Waals surface area (Å²) in [5.41, 5.74) is 1.11. The largest absolute Gasteiger partial charge is 0.382 e. The molecule has 84 valence electrons. The minimum absolute atomic E-state index is 0.0939. The Kier molecular flexibility index (Phi) is 6.07. The van der Waals surface area contributed by atoms with Gasteiger partial charge in [-0.1, -0.05) is 29.8 Å². The van der Waals surface area contributed by atoms with Crippen LogP contribution in [0.4, 0.5) is 0 Å². The first kappa shape index (κ1) is 12.8. The van der Waals surface area contributed by atoms with Crippen LogP contribution in [0.5, 0.6) is 0 Å². The average molecular weight is 247 g/mol. The molecule has 0 radical (unpaired) electrons. The van der Waals surface area contributed by atoms with E-state index in [2.05, 4.69) is 0 Å². The summed E-state index contributed by atoms with van der Waals surface area (Å²) < 4.78 is 5.25. The smallest absolute Gasteiger partial charge is 0.0480 e. The molecule has 0 saturated heterocycles. The van der Waals surface area contributed by atoms with Crippen LogP contribution in [-0.2, 0) is 11.2 Å². The van der Waals surface area contributed by atoms with Gasteiger partial charge in [0.25, 0.3) is 0 Å². The van der Waals surface area contributed by atoms with E-state index in [4.69, 9.17) is 27.9 Å². The lowest BCUT2D eigenvalue weighted by atomic mass is 10.1. The van der Waals surface area contributed by atoms with Crippen molar-refractivity contribution in [2.45, 2.75) is 25.1 Å². The molecule has 3 heteroatoms. The van der Waals surface area contributed by atoms with Crippen molar-refractivity contribution in [3.8, 4) is 0 Å². The standard InChI is InChI=1S/C12H16Cl2O/c1-2-15-8-7-11(13)9-10-5-3-4-6-12(10)14/h3-6,11H,2,7-9H2,1H3. The summed E-state index contributed by atoms with van der Waals surface area (Å²) in [7, 11) is 0. The van der Waals surface area contributed by atoms with Crippen LogP contribution in [-0.4, -0.2) is 18.6 Å². The van der Waals surface area contributed by atoms with Crippen LogP contribution in [0.25, 0.3) is 0 Å². The quantitative estimate of drug-likeness (QED) is 0.547. The third-order valence-electron chi connectivity index (χ3n) is 2.18. The molecule has 0 N–H and O–H groups in total. The molecule has 1 aromatic carbocycles. The maximum atomic E-state index is 6.18. The molecule has 1 nitrogen and oxygen atoms in total. The molecule has 15 heavy (non-hydrogen) atoms. The molecule has 0 spiro atoms. The highest BCUT2D eigenvalue weighted by Crippen LogP contribution is 2.19. The van der Waals surface area contributed by atoms with Gasteiger partial charge < -0.3 is 4.74 Å². The van der Waals surface area contributed by atoms with Crippen molar-refractivity contribution >= 4 is 23.2 Å². The first-order valence-corrected chi connectivity index (χ1v) is 6.00. The first-order valence-electron chi connectivity index (χ1n) is 5.19. The van der Waals surface area contributed by atoms with Crippen molar-refractivity contribution in [3.05, 3.63) is 34.9 Å². The molecule has 0 saturated carbocycles. The summed E-state index contributed by atoms with van der Waals surface area (Å²) >= 11 is 12.2. The van der Waals surface area contributed by atoms with Gasteiger partial charge >= 0.3 is 0 Å². The van der Waals surface area contributed by atoms with Gasteiger partial charge in [0.15, 0.2) is 0 Å². The first-order chi connectivity index (χ1) is 7.24. The van der Waals surface area contributed by atoms with Gasteiger partial charge in [-0.25, -0.2) is 0 Å². The number of alkyl halides is 1. The number of halogens is 2. The molecule has 0 aromatic heterocycles. The van der Waals surface area contributed by atoms with Crippen molar-refractivity contribution in [2.24, 2.45) is 0 Å².